The van der Waals surface area contributed by atoms with E-state index in [9.17, 15) is 4.79 Å². The van der Waals surface area contributed by atoms with Gasteiger partial charge in [-0.1, -0.05) is 58.0 Å². The van der Waals surface area contributed by atoms with E-state index < -0.39 is 0 Å². The summed E-state index contributed by atoms with van der Waals surface area (Å²) in [5.41, 5.74) is 0.912. The summed E-state index contributed by atoms with van der Waals surface area (Å²) in [6.07, 6.45) is 0.528. The predicted molar refractivity (Wildman–Crippen MR) is 83.9 cm³/mol. The molecule has 0 N–H and O–H groups in total. The van der Waals surface area contributed by atoms with Crippen molar-refractivity contribution in [3.8, 4) is 0 Å². The zero-order valence-corrected chi connectivity index (χ0v) is 13.6. The lowest BCUT2D eigenvalue weighted by Gasteiger charge is -2.29. The van der Waals surface area contributed by atoms with E-state index in [4.69, 9.17) is 4.74 Å². The molecule has 1 aromatic rings. The van der Waals surface area contributed by atoms with Crippen LogP contribution in [-0.4, -0.2) is 18.0 Å². The van der Waals surface area contributed by atoms with Crippen LogP contribution in [0.25, 0.3) is 0 Å². The number of ketones is 1. The number of rotatable bonds is 6. The summed E-state index contributed by atoms with van der Waals surface area (Å²) in [5.74, 6) is 0.468. The first-order valence-corrected chi connectivity index (χ1v) is 7.45. The van der Waals surface area contributed by atoms with E-state index in [2.05, 4.69) is 19.1 Å². The van der Waals surface area contributed by atoms with Gasteiger partial charge in [0.15, 0.2) is 0 Å². The maximum absolute atomic E-state index is 12.3. The van der Waals surface area contributed by atoms with Gasteiger partial charge in [0, 0.05) is 17.8 Å². The first-order chi connectivity index (χ1) is 9.21. The van der Waals surface area contributed by atoms with Gasteiger partial charge in [-0.3, -0.25) is 4.79 Å². The molecule has 1 rings (SSSR count). The van der Waals surface area contributed by atoms with E-state index in [1.165, 1.54) is 5.56 Å². The molecule has 0 aromatic heterocycles. The number of hydrogen-bond donors (Lipinski definition) is 0. The molecule has 1 aromatic carbocycles. The highest BCUT2D eigenvalue weighted by atomic mass is 16.5. The summed E-state index contributed by atoms with van der Waals surface area (Å²) in [4.78, 5) is 12.3. The van der Waals surface area contributed by atoms with Crippen LogP contribution in [0, 0.1) is 5.41 Å². The largest absolute Gasteiger partial charge is 0.374 e. The molecule has 0 fully saturated rings. The molecule has 112 valence electrons. The van der Waals surface area contributed by atoms with Gasteiger partial charge in [0.1, 0.15) is 5.78 Å². The van der Waals surface area contributed by atoms with Crippen LogP contribution in [0.1, 0.15) is 59.4 Å². The average molecular weight is 276 g/mol. The molecule has 0 saturated heterocycles. The molecule has 0 radical (unpaired) electrons. The van der Waals surface area contributed by atoms with Gasteiger partial charge >= 0.3 is 0 Å². The van der Waals surface area contributed by atoms with Gasteiger partial charge in [-0.05, 0) is 19.4 Å². The second-order valence-corrected chi connectivity index (χ2v) is 6.80. The van der Waals surface area contributed by atoms with Crippen LogP contribution in [0.2, 0.25) is 0 Å². The van der Waals surface area contributed by atoms with E-state index in [-0.39, 0.29) is 29.3 Å². The van der Waals surface area contributed by atoms with Gasteiger partial charge in [0.05, 0.1) is 12.2 Å². The fourth-order valence-corrected chi connectivity index (χ4v) is 2.15. The monoisotopic (exact) mass is 276 g/mol. The Morgan fingerprint density at radius 2 is 1.65 bits per heavy atom. The third-order valence-electron chi connectivity index (χ3n) is 3.55. The number of benzene rings is 1. The van der Waals surface area contributed by atoms with Crippen LogP contribution in [0.15, 0.2) is 30.3 Å². The fourth-order valence-electron chi connectivity index (χ4n) is 2.15. The SMILES string of the molecule is CC(C)O[C@H](CC(=O)C(C)(C)C)[C@@H](C)c1ccccc1. The van der Waals surface area contributed by atoms with Gasteiger partial charge in [-0.25, -0.2) is 0 Å². The number of carbonyl (C=O) groups excluding carboxylic acids is 1. The van der Waals surface area contributed by atoms with Crippen molar-refractivity contribution in [3.63, 3.8) is 0 Å². The van der Waals surface area contributed by atoms with Crippen LogP contribution in [0.3, 0.4) is 0 Å². The Hall–Kier alpha value is -1.15. The van der Waals surface area contributed by atoms with Crippen molar-refractivity contribution in [2.45, 2.75) is 66.1 Å². The van der Waals surface area contributed by atoms with Crippen molar-refractivity contribution >= 4 is 5.78 Å². The summed E-state index contributed by atoms with van der Waals surface area (Å²) >= 11 is 0. The van der Waals surface area contributed by atoms with Gasteiger partial charge in [0.25, 0.3) is 0 Å². The Morgan fingerprint density at radius 3 is 2.10 bits per heavy atom. The van der Waals surface area contributed by atoms with Gasteiger partial charge in [0.2, 0.25) is 0 Å². The molecule has 0 spiro atoms. The number of ether oxygens (including phenoxy) is 1. The molecule has 0 amide bonds. The molecule has 0 saturated carbocycles. The molecule has 0 heterocycles. The summed E-state index contributed by atoms with van der Waals surface area (Å²) in [6.45, 7) is 12.1. The zero-order valence-electron chi connectivity index (χ0n) is 13.6. The maximum Gasteiger partial charge on any atom is 0.140 e. The molecular formula is C18H28O2. The molecule has 20 heavy (non-hydrogen) atoms. The summed E-state index contributed by atoms with van der Waals surface area (Å²) in [7, 11) is 0. The molecule has 0 aliphatic rings. The summed E-state index contributed by atoms with van der Waals surface area (Å²) in [6, 6.07) is 10.3. The van der Waals surface area contributed by atoms with E-state index in [1.54, 1.807) is 0 Å². The smallest absolute Gasteiger partial charge is 0.140 e. The zero-order chi connectivity index (χ0) is 15.3. The van der Waals surface area contributed by atoms with Crippen LogP contribution in [0.5, 0.6) is 0 Å². The van der Waals surface area contributed by atoms with Gasteiger partial charge < -0.3 is 4.74 Å². The maximum atomic E-state index is 12.3. The number of Topliss-reactive ketones (excluding diaryl/α,β-unsaturated/α-hetero) is 1. The minimum absolute atomic E-state index is 0.0656. The summed E-state index contributed by atoms with van der Waals surface area (Å²) < 4.78 is 6.01. The quantitative estimate of drug-likeness (QED) is 0.759. The Morgan fingerprint density at radius 1 is 1.10 bits per heavy atom. The van der Waals surface area contributed by atoms with Gasteiger partial charge in [-0.15, -0.1) is 0 Å². The summed E-state index contributed by atoms with van der Waals surface area (Å²) in [5, 5.41) is 0. The second-order valence-electron chi connectivity index (χ2n) is 6.80. The lowest BCUT2D eigenvalue weighted by Crippen LogP contribution is -2.31. The predicted octanol–water partition coefficient (Wildman–Crippen LogP) is 4.59. The van der Waals surface area contributed by atoms with Crippen LogP contribution in [0.4, 0.5) is 0 Å². The van der Waals surface area contributed by atoms with Crippen molar-refractivity contribution in [2.24, 2.45) is 5.41 Å². The average Bonchev–Trinajstić information content (AvgIpc) is 2.36. The minimum Gasteiger partial charge on any atom is -0.374 e. The van der Waals surface area contributed by atoms with Crippen LogP contribution < -0.4 is 0 Å². The van der Waals surface area contributed by atoms with E-state index in [1.807, 2.05) is 52.8 Å². The lowest BCUT2D eigenvalue weighted by atomic mass is 9.83. The van der Waals surface area contributed by atoms with Gasteiger partial charge in [-0.2, -0.15) is 0 Å². The third-order valence-corrected chi connectivity index (χ3v) is 3.55. The standard InChI is InChI=1S/C18H28O2/c1-13(2)20-16(12-17(19)18(4,5)6)14(3)15-10-8-7-9-11-15/h7-11,13-14,16H,12H2,1-6H3/t14-,16+/m0/s1. The van der Waals surface area contributed by atoms with Crippen molar-refractivity contribution in [1.82, 2.24) is 0 Å². The first-order valence-electron chi connectivity index (χ1n) is 7.45. The normalized spacial score (nSPS) is 15.2. The Labute approximate surface area is 123 Å². The molecular weight excluding hydrogens is 248 g/mol. The van der Waals surface area contributed by atoms with E-state index in [0.29, 0.717) is 6.42 Å². The number of hydrogen-bond acceptors (Lipinski definition) is 2. The highest BCUT2D eigenvalue weighted by molar-refractivity contribution is 5.84. The fraction of sp³-hybridized carbons (Fsp3) is 0.611. The Balaban J connectivity index is 2.87. The van der Waals surface area contributed by atoms with Crippen LogP contribution >= 0.6 is 0 Å². The van der Waals surface area contributed by atoms with Crippen molar-refractivity contribution < 1.29 is 9.53 Å². The van der Waals surface area contributed by atoms with E-state index in [0.717, 1.165) is 0 Å². The molecule has 0 aliphatic carbocycles. The molecule has 2 heteroatoms. The number of carbonyl (C=O) groups is 1. The van der Waals surface area contributed by atoms with Crippen molar-refractivity contribution in [2.75, 3.05) is 0 Å². The van der Waals surface area contributed by atoms with E-state index >= 15 is 0 Å². The minimum atomic E-state index is -0.311. The van der Waals surface area contributed by atoms with Crippen molar-refractivity contribution in [3.05, 3.63) is 35.9 Å². The lowest BCUT2D eigenvalue weighted by molar-refractivity contribution is -0.130. The molecule has 0 aliphatic heterocycles. The Bertz CT molecular complexity index is 415. The molecule has 0 unspecified atom stereocenters. The second kappa shape index (κ2) is 7.03. The Kier molecular flexibility index (Phi) is 5.94. The highest BCUT2D eigenvalue weighted by Gasteiger charge is 2.29. The molecule has 2 atom stereocenters. The first kappa shape index (κ1) is 16.9. The molecule has 2 nitrogen and oxygen atoms in total. The van der Waals surface area contributed by atoms with Crippen molar-refractivity contribution in [1.29, 1.82) is 0 Å². The molecule has 0 bridgehead atoms. The highest BCUT2D eigenvalue weighted by Crippen LogP contribution is 2.28. The third kappa shape index (κ3) is 5.09. The van der Waals surface area contributed by atoms with Crippen LogP contribution in [-0.2, 0) is 9.53 Å². The topological polar surface area (TPSA) is 26.3 Å².